The Morgan fingerprint density at radius 3 is 2.67 bits per heavy atom. The van der Waals surface area contributed by atoms with Gasteiger partial charge >= 0.3 is 0 Å². The van der Waals surface area contributed by atoms with Crippen LogP contribution >= 0.6 is 0 Å². The Morgan fingerprint density at radius 1 is 1.39 bits per heavy atom. The van der Waals surface area contributed by atoms with Crippen molar-refractivity contribution in [1.82, 2.24) is 5.32 Å². The second kappa shape index (κ2) is 5.47. The maximum atomic E-state index is 8.66. The van der Waals surface area contributed by atoms with Crippen LogP contribution in [0, 0.1) is 17.3 Å². The molecule has 0 aromatic heterocycles. The molecule has 2 aliphatic carbocycles. The van der Waals surface area contributed by atoms with Crippen LogP contribution in [0.5, 0.6) is 0 Å². The first-order chi connectivity index (χ1) is 8.54. The molecule has 0 amide bonds. The van der Waals surface area contributed by atoms with Crippen LogP contribution in [0.15, 0.2) is 5.16 Å². The molecule has 0 aliphatic heterocycles. The fourth-order valence-corrected chi connectivity index (χ4v) is 3.33. The van der Waals surface area contributed by atoms with Crippen LogP contribution in [0.1, 0.15) is 52.4 Å². The lowest BCUT2D eigenvalue weighted by Gasteiger charge is -2.34. The van der Waals surface area contributed by atoms with E-state index in [1.165, 1.54) is 32.1 Å². The fourth-order valence-electron chi connectivity index (χ4n) is 3.33. The van der Waals surface area contributed by atoms with Crippen LogP contribution in [-0.4, -0.2) is 23.6 Å². The zero-order chi connectivity index (χ0) is 13.2. The third-order valence-corrected chi connectivity index (χ3v) is 4.81. The summed E-state index contributed by atoms with van der Waals surface area (Å²) in [5.74, 6) is 2.03. The molecule has 2 aliphatic rings. The molecule has 4 heteroatoms. The maximum absolute atomic E-state index is 8.66. The minimum absolute atomic E-state index is 0.277. The lowest BCUT2D eigenvalue weighted by Crippen LogP contribution is -2.42. The summed E-state index contributed by atoms with van der Waals surface area (Å²) in [6.07, 6.45) is 7.11. The highest BCUT2D eigenvalue weighted by atomic mass is 16.4. The number of nitrogens with zero attached hydrogens (tertiary/aromatic N) is 1. The molecule has 2 saturated carbocycles. The zero-order valence-corrected chi connectivity index (χ0v) is 11.7. The Morgan fingerprint density at radius 2 is 2.11 bits per heavy atom. The highest BCUT2D eigenvalue weighted by Crippen LogP contribution is 2.48. The highest BCUT2D eigenvalue weighted by Gasteiger charge is 2.43. The van der Waals surface area contributed by atoms with Crippen molar-refractivity contribution in [2.45, 2.75) is 58.4 Å². The molecular weight excluding hydrogens is 226 g/mol. The number of nitrogens with one attached hydrogen (secondary N) is 1. The topological polar surface area (TPSA) is 70.6 Å². The van der Waals surface area contributed by atoms with Gasteiger partial charge in [-0.3, -0.25) is 0 Å². The van der Waals surface area contributed by atoms with Gasteiger partial charge in [0, 0.05) is 19.0 Å². The molecule has 0 aromatic carbocycles. The van der Waals surface area contributed by atoms with Gasteiger partial charge in [-0.1, -0.05) is 19.0 Å². The van der Waals surface area contributed by atoms with E-state index in [2.05, 4.69) is 24.3 Å². The van der Waals surface area contributed by atoms with Gasteiger partial charge in [0.05, 0.1) is 0 Å². The fraction of sp³-hybridized carbons (Fsp3) is 0.929. The van der Waals surface area contributed by atoms with E-state index in [-0.39, 0.29) is 5.41 Å². The van der Waals surface area contributed by atoms with Crippen molar-refractivity contribution >= 4 is 5.84 Å². The number of nitrogens with two attached hydrogens (primary N) is 1. The van der Waals surface area contributed by atoms with Gasteiger partial charge in [-0.05, 0) is 49.4 Å². The Hall–Kier alpha value is -0.770. The first-order valence-electron chi connectivity index (χ1n) is 7.24. The Bertz CT molecular complexity index is 312. The predicted molar refractivity (Wildman–Crippen MR) is 73.7 cm³/mol. The lowest BCUT2D eigenvalue weighted by atomic mass is 9.79. The Kier molecular flexibility index (Phi) is 4.15. The van der Waals surface area contributed by atoms with Gasteiger partial charge < -0.3 is 16.3 Å². The summed E-state index contributed by atoms with van der Waals surface area (Å²) in [6.45, 7) is 5.73. The highest BCUT2D eigenvalue weighted by molar-refractivity contribution is 5.80. The quantitative estimate of drug-likeness (QED) is 0.305. The molecule has 0 radical (unpaired) electrons. The predicted octanol–water partition coefficient (Wildman–Crippen LogP) is 2.32. The van der Waals surface area contributed by atoms with E-state index in [1.807, 2.05) is 0 Å². The molecule has 4 nitrogen and oxygen atoms in total. The van der Waals surface area contributed by atoms with Crippen molar-refractivity contribution in [3.63, 3.8) is 0 Å². The molecule has 18 heavy (non-hydrogen) atoms. The molecule has 104 valence electrons. The minimum atomic E-state index is 0.277. The molecule has 0 aromatic rings. The van der Waals surface area contributed by atoms with Crippen molar-refractivity contribution in [2.75, 3.05) is 6.54 Å². The monoisotopic (exact) mass is 253 g/mol. The van der Waals surface area contributed by atoms with E-state index in [0.29, 0.717) is 11.9 Å². The van der Waals surface area contributed by atoms with Crippen LogP contribution < -0.4 is 11.1 Å². The van der Waals surface area contributed by atoms with Gasteiger partial charge in [-0.2, -0.15) is 0 Å². The summed E-state index contributed by atoms with van der Waals surface area (Å²) in [4.78, 5) is 0. The third kappa shape index (κ3) is 3.37. The summed E-state index contributed by atoms with van der Waals surface area (Å²) in [5, 5.41) is 15.5. The summed E-state index contributed by atoms with van der Waals surface area (Å²) in [6, 6.07) is 0.658. The van der Waals surface area contributed by atoms with Gasteiger partial charge in [-0.15, -0.1) is 0 Å². The Balaban J connectivity index is 1.78. The normalized spacial score (nSPS) is 35.4. The van der Waals surface area contributed by atoms with E-state index < -0.39 is 0 Å². The first-order valence-corrected chi connectivity index (χ1v) is 7.24. The molecule has 0 bridgehead atoms. The van der Waals surface area contributed by atoms with Crippen LogP contribution in [0.3, 0.4) is 0 Å². The van der Waals surface area contributed by atoms with E-state index in [4.69, 9.17) is 10.9 Å². The van der Waals surface area contributed by atoms with E-state index >= 15 is 0 Å². The van der Waals surface area contributed by atoms with Crippen molar-refractivity contribution in [3.8, 4) is 0 Å². The van der Waals surface area contributed by atoms with Gasteiger partial charge in [0.2, 0.25) is 0 Å². The van der Waals surface area contributed by atoms with Crippen molar-refractivity contribution in [3.05, 3.63) is 0 Å². The van der Waals surface area contributed by atoms with Gasteiger partial charge in [0.25, 0.3) is 0 Å². The second-order valence-corrected chi connectivity index (χ2v) is 6.65. The SMILES string of the molecule is CC1CCC(NCC2(CC(N)=NO)CC2)C(C)C1. The molecule has 3 atom stereocenters. The molecule has 3 unspecified atom stereocenters. The first kappa shape index (κ1) is 13.7. The maximum Gasteiger partial charge on any atom is 0.139 e. The average molecular weight is 253 g/mol. The lowest BCUT2D eigenvalue weighted by molar-refractivity contribution is 0.218. The van der Waals surface area contributed by atoms with Crippen LogP contribution in [0.4, 0.5) is 0 Å². The average Bonchev–Trinajstić information content (AvgIpc) is 3.08. The molecule has 0 saturated heterocycles. The van der Waals surface area contributed by atoms with Gasteiger partial charge in [0.15, 0.2) is 0 Å². The molecule has 2 rings (SSSR count). The van der Waals surface area contributed by atoms with E-state index in [1.54, 1.807) is 0 Å². The number of rotatable bonds is 5. The minimum Gasteiger partial charge on any atom is -0.409 e. The molecule has 0 heterocycles. The molecule has 4 N–H and O–H groups in total. The van der Waals surface area contributed by atoms with E-state index in [0.717, 1.165) is 24.8 Å². The smallest absolute Gasteiger partial charge is 0.139 e. The Labute approximate surface area is 110 Å². The number of hydrogen-bond donors (Lipinski definition) is 3. The third-order valence-electron chi connectivity index (χ3n) is 4.81. The van der Waals surface area contributed by atoms with Crippen molar-refractivity contribution < 1.29 is 5.21 Å². The largest absolute Gasteiger partial charge is 0.409 e. The van der Waals surface area contributed by atoms with Crippen molar-refractivity contribution in [1.29, 1.82) is 0 Å². The number of oxime groups is 1. The summed E-state index contributed by atoms with van der Waals surface area (Å²) >= 11 is 0. The number of amidine groups is 1. The van der Waals surface area contributed by atoms with Gasteiger partial charge in [0.1, 0.15) is 5.84 Å². The van der Waals surface area contributed by atoms with Crippen LogP contribution in [-0.2, 0) is 0 Å². The molecular formula is C14H27N3O. The standard InChI is InChI=1S/C14H27N3O/c1-10-3-4-12(11(2)7-10)16-9-14(5-6-14)8-13(15)17-18/h10-12,16,18H,3-9H2,1-2H3,(H2,15,17). The van der Waals surface area contributed by atoms with Gasteiger partial charge in [-0.25, -0.2) is 0 Å². The molecule has 0 spiro atoms. The number of hydrogen-bond acceptors (Lipinski definition) is 3. The van der Waals surface area contributed by atoms with Crippen molar-refractivity contribution in [2.24, 2.45) is 28.1 Å². The van der Waals surface area contributed by atoms with Crippen LogP contribution in [0.25, 0.3) is 0 Å². The van der Waals surface area contributed by atoms with E-state index in [9.17, 15) is 0 Å². The zero-order valence-electron chi connectivity index (χ0n) is 11.7. The van der Waals surface area contributed by atoms with Crippen LogP contribution in [0.2, 0.25) is 0 Å². The molecule has 2 fully saturated rings. The summed E-state index contributed by atoms with van der Waals surface area (Å²) in [7, 11) is 0. The summed E-state index contributed by atoms with van der Waals surface area (Å²) < 4.78 is 0. The second-order valence-electron chi connectivity index (χ2n) is 6.65. The summed E-state index contributed by atoms with van der Waals surface area (Å²) in [5.41, 5.74) is 5.90.